The monoisotopic (exact) mass is 254 g/mol. The Hall–Kier alpha value is -1.66. The molecule has 6 heteroatoms. The third kappa shape index (κ3) is 3.15. The summed E-state index contributed by atoms with van der Waals surface area (Å²) in [6, 6.07) is 6.04. The van der Waals surface area contributed by atoms with Gasteiger partial charge in [0.15, 0.2) is 0 Å². The number of carbonyl (C=O) groups excluding carboxylic acids is 1. The number of amides is 1. The van der Waals surface area contributed by atoms with Gasteiger partial charge in [-0.05, 0) is 24.3 Å². The van der Waals surface area contributed by atoms with Crippen molar-refractivity contribution >= 4 is 21.6 Å². The Morgan fingerprint density at radius 1 is 1.41 bits per heavy atom. The van der Waals surface area contributed by atoms with Gasteiger partial charge in [-0.3, -0.25) is 4.79 Å². The van der Waals surface area contributed by atoms with Crippen molar-refractivity contribution in [3.8, 4) is 0 Å². The number of benzene rings is 1. The summed E-state index contributed by atoms with van der Waals surface area (Å²) in [6.45, 7) is 3.32. The van der Waals surface area contributed by atoms with Crippen molar-refractivity contribution in [3.05, 3.63) is 36.9 Å². The predicted molar refractivity (Wildman–Crippen MR) is 66.1 cm³/mol. The van der Waals surface area contributed by atoms with E-state index in [1.807, 2.05) is 0 Å². The minimum Gasteiger partial charge on any atom is -0.322 e. The largest absolute Gasteiger partial charge is 0.322 e. The third-order valence-corrected chi connectivity index (χ3v) is 3.88. The van der Waals surface area contributed by atoms with Gasteiger partial charge in [0.25, 0.3) is 0 Å². The minimum atomic E-state index is -3.49. The Morgan fingerprint density at radius 3 is 2.59 bits per heavy atom. The molecular formula is C11H14N2O3S. The van der Waals surface area contributed by atoms with Crippen molar-refractivity contribution in [1.82, 2.24) is 4.31 Å². The molecule has 0 fully saturated rings. The predicted octanol–water partition coefficient (Wildman–Crippen LogP) is 1.06. The van der Waals surface area contributed by atoms with Crippen LogP contribution in [0.2, 0.25) is 0 Å². The van der Waals surface area contributed by atoms with Gasteiger partial charge in [0.05, 0.1) is 4.90 Å². The molecule has 0 bridgehead atoms. The molecule has 0 saturated heterocycles. The smallest absolute Gasteiger partial charge is 0.247 e. The van der Waals surface area contributed by atoms with E-state index >= 15 is 0 Å². The fourth-order valence-electron chi connectivity index (χ4n) is 1.14. The van der Waals surface area contributed by atoms with Crippen molar-refractivity contribution in [2.75, 3.05) is 19.4 Å². The van der Waals surface area contributed by atoms with Crippen molar-refractivity contribution in [3.63, 3.8) is 0 Å². The maximum Gasteiger partial charge on any atom is 0.247 e. The molecule has 5 nitrogen and oxygen atoms in total. The summed E-state index contributed by atoms with van der Waals surface area (Å²) in [6.07, 6.45) is 1.12. The lowest BCUT2D eigenvalue weighted by Crippen LogP contribution is -2.22. The molecule has 0 heterocycles. The molecule has 0 aliphatic rings. The highest BCUT2D eigenvalue weighted by molar-refractivity contribution is 7.89. The molecule has 92 valence electrons. The summed E-state index contributed by atoms with van der Waals surface area (Å²) in [5.41, 5.74) is 0.415. The molecule has 1 aromatic rings. The number of anilines is 1. The van der Waals surface area contributed by atoms with Crippen LogP contribution in [0.5, 0.6) is 0 Å². The van der Waals surface area contributed by atoms with E-state index in [4.69, 9.17) is 0 Å². The van der Waals surface area contributed by atoms with Crippen molar-refractivity contribution in [1.29, 1.82) is 0 Å². The summed E-state index contributed by atoms with van der Waals surface area (Å²) in [7, 11) is -0.588. The summed E-state index contributed by atoms with van der Waals surface area (Å²) in [4.78, 5) is 11.2. The number of hydrogen-bond acceptors (Lipinski definition) is 3. The average molecular weight is 254 g/mol. The average Bonchev–Trinajstić information content (AvgIpc) is 2.29. The second-order valence-electron chi connectivity index (χ2n) is 3.51. The first-order valence-corrected chi connectivity index (χ1v) is 6.28. The third-order valence-electron chi connectivity index (χ3n) is 2.07. The standard InChI is InChI=1S/C11H14N2O3S/c1-4-11(14)12-9-6-5-7-10(8-9)17(15,16)13(2)3/h4-8H,1H2,2-3H3,(H,12,14). The molecule has 1 amide bonds. The van der Waals surface area contributed by atoms with Crippen LogP contribution in [0.1, 0.15) is 0 Å². The van der Waals surface area contributed by atoms with Crippen molar-refractivity contribution in [2.45, 2.75) is 4.90 Å². The quantitative estimate of drug-likeness (QED) is 0.817. The zero-order valence-electron chi connectivity index (χ0n) is 9.67. The van der Waals surface area contributed by atoms with Gasteiger partial charge < -0.3 is 5.32 Å². The minimum absolute atomic E-state index is 0.129. The van der Waals surface area contributed by atoms with E-state index in [0.717, 1.165) is 10.4 Å². The van der Waals surface area contributed by atoms with Crippen LogP contribution in [0.4, 0.5) is 5.69 Å². The zero-order valence-corrected chi connectivity index (χ0v) is 10.5. The lowest BCUT2D eigenvalue weighted by molar-refractivity contribution is -0.111. The molecule has 17 heavy (non-hydrogen) atoms. The highest BCUT2D eigenvalue weighted by Crippen LogP contribution is 2.17. The molecule has 1 rings (SSSR count). The fourth-order valence-corrected chi connectivity index (χ4v) is 2.09. The normalized spacial score (nSPS) is 11.2. The molecule has 0 spiro atoms. The van der Waals surface area contributed by atoms with Crippen LogP contribution in [0, 0.1) is 0 Å². The molecule has 0 saturated carbocycles. The lowest BCUT2D eigenvalue weighted by Gasteiger charge is -2.12. The van der Waals surface area contributed by atoms with Crippen LogP contribution in [-0.4, -0.2) is 32.7 Å². The first-order valence-electron chi connectivity index (χ1n) is 4.84. The van der Waals surface area contributed by atoms with E-state index in [0.29, 0.717) is 5.69 Å². The first-order chi connectivity index (χ1) is 7.87. The van der Waals surface area contributed by atoms with Crippen LogP contribution in [-0.2, 0) is 14.8 Å². The summed E-state index contributed by atoms with van der Waals surface area (Å²) in [5, 5.41) is 2.50. The number of rotatable bonds is 4. The molecule has 0 aliphatic carbocycles. The van der Waals surface area contributed by atoms with Gasteiger partial charge in [0, 0.05) is 19.8 Å². The molecule has 0 unspecified atom stereocenters. The molecule has 1 aromatic carbocycles. The Balaban J connectivity index is 3.10. The zero-order chi connectivity index (χ0) is 13.1. The Kier molecular flexibility index (Phi) is 4.03. The van der Waals surface area contributed by atoms with E-state index in [2.05, 4.69) is 11.9 Å². The molecule has 0 aliphatic heterocycles. The molecule has 0 aromatic heterocycles. The Labute approximate surface area is 101 Å². The topological polar surface area (TPSA) is 66.5 Å². The Bertz CT molecular complexity index is 535. The number of sulfonamides is 1. The van der Waals surface area contributed by atoms with E-state index in [-0.39, 0.29) is 10.8 Å². The maximum absolute atomic E-state index is 11.8. The summed E-state index contributed by atoms with van der Waals surface area (Å²) in [5.74, 6) is -0.385. The van der Waals surface area contributed by atoms with Crippen molar-refractivity contribution < 1.29 is 13.2 Å². The first kappa shape index (κ1) is 13.4. The van der Waals surface area contributed by atoms with Gasteiger partial charge >= 0.3 is 0 Å². The molecule has 0 radical (unpaired) electrons. The van der Waals surface area contributed by atoms with E-state index in [1.54, 1.807) is 12.1 Å². The van der Waals surface area contributed by atoms with Gasteiger partial charge in [0.2, 0.25) is 15.9 Å². The van der Waals surface area contributed by atoms with Gasteiger partial charge in [-0.1, -0.05) is 12.6 Å². The van der Waals surface area contributed by atoms with Crippen LogP contribution in [0.15, 0.2) is 41.8 Å². The summed E-state index contributed by atoms with van der Waals surface area (Å²) >= 11 is 0. The molecular weight excluding hydrogens is 240 g/mol. The lowest BCUT2D eigenvalue weighted by atomic mass is 10.3. The number of carbonyl (C=O) groups is 1. The number of nitrogens with zero attached hydrogens (tertiary/aromatic N) is 1. The van der Waals surface area contributed by atoms with Gasteiger partial charge in [-0.15, -0.1) is 0 Å². The van der Waals surface area contributed by atoms with E-state index < -0.39 is 10.0 Å². The fraction of sp³-hybridized carbons (Fsp3) is 0.182. The highest BCUT2D eigenvalue weighted by atomic mass is 32.2. The maximum atomic E-state index is 11.8. The van der Waals surface area contributed by atoms with Gasteiger partial charge in [-0.25, -0.2) is 12.7 Å². The van der Waals surface area contributed by atoms with Crippen LogP contribution in [0.3, 0.4) is 0 Å². The number of hydrogen-bond donors (Lipinski definition) is 1. The number of nitrogens with one attached hydrogen (secondary N) is 1. The van der Waals surface area contributed by atoms with Crippen molar-refractivity contribution in [2.24, 2.45) is 0 Å². The second-order valence-corrected chi connectivity index (χ2v) is 5.66. The van der Waals surface area contributed by atoms with Crippen LogP contribution < -0.4 is 5.32 Å². The van der Waals surface area contributed by atoms with E-state index in [9.17, 15) is 13.2 Å². The molecule has 0 atom stereocenters. The Morgan fingerprint density at radius 2 is 2.06 bits per heavy atom. The molecule has 1 N–H and O–H groups in total. The van der Waals surface area contributed by atoms with E-state index in [1.165, 1.54) is 26.2 Å². The summed E-state index contributed by atoms with van der Waals surface area (Å²) < 4.78 is 24.8. The second kappa shape index (κ2) is 5.11. The highest BCUT2D eigenvalue weighted by Gasteiger charge is 2.17. The van der Waals surface area contributed by atoms with Gasteiger partial charge in [-0.2, -0.15) is 0 Å². The van der Waals surface area contributed by atoms with Crippen LogP contribution in [0.25, 0.3) is 0 Å². The van der Waals surface area contributed by atoms with Gasteiger partial charge in [0.1, 0.15) is 0 Å². The van der Waals surface area contributed by atoms with Crippen LogP contribution >= 0.6 is 0 Å². The SMILES string of the molecule is C=CC(=O)Nc1cccc(S(=O)(=O)N(C)C)c1.